The maximum Gasteiger partial charge on any atom is 0.128 e. The SMILES string of the molecule is CC.CN=C(NCc1ccccc1)c1cccc(-c2ccccc2)c1.NCc1cccc2c1-c1cc3c4ccccc4c4ccccc4c3cc1C2. The van der Waals surface area contributed by atoms with Gasteiger partial charge in [-0.05, 0) is 101 Å². The summed E-state index contributed by atoms with van der Waals surface area (Å²) in [6.07, 6.45) is 0.996. The number of aliphatic imine (C=N–C) groups is 1. The highest BCUT2D eigenvalue weighted by Crippen LogP contribution is 2.44. The monoisotopic (exact) mass is 675 g/mol. The Kier molecular flexibility index (Phi) is 10.5. The number of amidine groups is 1. The molecule has 256 valence electrons. The predicted octanol–water partition coefficient (Wildman–Crippen LogP) is 11.7. The average molecular weight is 676 g/mol. The molecule has 0 saturated carbocycles. The lowest BCUT2D eigenvalue weighted by atomic mass is 9.90. The highest BCUT2D eigenvalue weighted by atomic mass is 15.0. The van der Waals surface area contributed by atoms with Crippen molar-refractivity contribution >= 4 is 38.2 Å². The van der Waals surface area contributed by atoms with E-state index in [-0.39, 0.29) is 0 Å². The highest BCUT2D eigenvalue weighted by molar-refractivity contribution is 6.26. The minimum atomic E-state index is 0.582. The van der Waals surface area contributed by atoms with E-state index in [2.05, 4.69) is 162 Å². The molecule has 0 aromatic heterocycles. The van der Waals surface area contributed by atoms with Crippen LogP contribution in [0.3, 0.4) is 0 Å². The van der Waals surface area contributed by atoms with Crippen LogP contribution in [0.2, 0.25) is 0 Å². The van der Waals surface area contributed by atoms with Crippen molar-refractivity contribution in [1.82, 2.24) is 5.32 Å². The van der Waals surface area contributed by atoms with Crippen LogP contribution < -0.4 is 11.1 Å². The van der Waals surface area contributed by atoms with E-state index in [1.165, 1.54) is 76.8 Å². The fourth-order valence-corrected chi connectivity index (χ4v) is 7.47. The van der Waals surface area contributed by atoms with Gasteiger partial charge in [0.25, 0.3) is 0 Å². The Bertz CT molecular complexity index is 2500. The maximum atomic E-state index is 6.06. The highest BCUT2D eigenvalue weighted by Gasteiger charge is 2.22. The normalized spacial score (nSPS) is 11.7. The van der Waals surface area contributed by atoms with Crippen molar-refractivity contribution in [3.63, 3.8) is 0 Å². The van der Waals surface area contributed by atoms with Gasteiger partial charge in [-0.1, -0.05) is 159 Å². The van der Waals surface area contributed by atoms with Gasteiger partial charge in [-0.25, -0.2) is 0 Å². The van der Waals surface area contributed by atoms with Crippen LogP contribution in [0.5, 0.6) is 0 Å². The van der Waals surface area contributed by atoms with Crippen LogP contribution in [0, 0.1) is 0 Å². The molecule has 52 heavy (non-hydrogen) atoms. The Morgan fingerprint density at radius 2 is 1.12 bits per heavy atom. The van der Waals surface area contributed by atoms with Crippen LogP contribution in [0.15, 0.2) is 169 Å². The van der Waals surface area contributed by atoms with Crippen LogP contribution >= 0.6 is 0 Å². The first kappa shape index (κ1) is 34.4. The molecule has 0 bridgehead atoms. The summed E-state index contributed by atoms with van der Waals surface area (Å²) in [6, 6.07) is 58.1. The summed E-state index contributed by atoms with van der Waals surface area (Å²) in [6.45, 7) is 5.35. The van der Waals surface area contributed by atoms with E-state index in [4.69, 9.17) is 5.73 Å². The average Bonchev–Trinajstić information content (AvgIpc) is 3.60. The third kappa shape index (κ3) is 6.84. The second-order valence-corrected chi connectivity index (χ2v) is 12.8. The summed E-state index contributed by atoms with van der Waals surface area (Å²) in [5, 5.41) is 11.4. The zero-order valence-electron chi connectivity index (χ0n) is 30.2. The zero-order valence-corrected chi connectivity index (χ0v) is 30.2. The molecule has 0 radical (unpaired) electrons. The second-order valence-electron chi connectivity index (χ2n) is 12.8. The van der Waals surface area contributed by atoms with Gasteiger partial charge in [-0.3, -0.25) is 4.99 Å². The maximum absolute atomic E-state index is 6.06. The van der Waals surface area contributed by atoms with Crippen molar-refractivity contribution in [3.8, 4) is 22.3 Å². The quantitative estimate of drug-likeness (QED) is 0.108. The minimum Gasteiger partial charge on any atom is -0.366 e. The molecule has 0 unspecified atom stereocenters. The lowest BCUT2D eigenvalue weighted by molar-refractivity contribution is 0.911. The van der Waals surface area contributed by atoms with Gasteiger partial charge in [-0.2, -0.15) is 0 Å². The van der Waals surface area contributed by atoms with Crippen LogP contribution in [0.25, 0.3) is 54.6 Å². The molecule has 0 heterocycles. The van der Waals surface area contributed by atoms with Crippen molar-refractivity contribution in [3.05, 3.63) is 192 Å². The fourth-order valence-electron chi connectivity index (χ4n) is 7.47. The molecule has 0 spiro atoms. The van der Waals surface area contributed by atoms with E-state index in [0.717, 1.165) is 24.4 Å². The number of nitrogens with one attached hydrogen (secondary N) is 1. The topological polar surface area (TPSA) is 50.4 Å². The van der Waals surface area contributed by atoms with E-state index in [0.29, 0.717) is 6.54 Å². The lowest BCUT2D eigenvalue weighted by Gasteiger charge is -2.13. The number of hydrogen-bond donors (Lipinski definition) is 2. The molecule has 3 nitrogen and oxygen atoms in total. The van der Waals surface area contributed by atoms with E-state index in [1.807, 2.05) is 33.0 Å². The molecule has 0 saturated heterocycles. The molecule has 0 fully saturated rings. The Labute approximate surface area is 307 Å². The van der Waals surface area contributed by atoms with Crippen molar-refractivity contribution in [2.24, 2.45) is 10.7 Å². The van der Waals surface area contributed by atoms with Gasteiger partial charge in [-0.15, -0.1) is 0 Å². The summed E-state index contributed by atoms with van der Waals surface area (Å²) in [5.41, 5.74) is 17.6. The minimum absolute atomic E-state index is 0.582. The Morgan fingerprint density at radius 3 is 1.75 bits per heavy atom. The van der Waals surface area contributed by atoms with Gasteiger partial charge in [0.05, 0.1) is 0 Å². The van der Waals surface area contributed by atoms with Gasteiger partial charge in [0.15, 0.2) is 0 Å². The third-order valence-corrected chi connectivity index (χ3v) is 9.84. The number of rotatable bonds is 5. The van der Waals surface area contributed by atoms with Gasteiger partial charge >= 0.3 is 0 Å². The summed E-state index contributed by atoms with van der Waals surface area (Å²) in [7, 11) is 1.82. The van der Waals surface area contributed by atoms with E-state index >= 15 is 0 Å². The number of hydrogen-bond acceptors (Lipinski definition) is 2. The largest absolute Gasteiger partial charge is 0.366 e. The molecule has 3 heteroatoms. The fraction of sp³-hybridized carbons (Fsp3) is 0.122. The first-order valence-corrected chi connectivity index (χ1v) is 18.3. The molecule has 1 aliphatic carbocycles. The Morgan fingerprint density at radius 1 is 0.558 bits per heavy atom. The van der Waals surface area contributed by atoms with Gasteiger partial charge < -0.3 is 11.1 Å². The van der Waals surface area contributed by atoms with E-state index in [1.54, 1.807) is 0 Å². The molecular formula is C49H45N3. The molecule has 8 aromatic rings. The summed E-state index contributed by atoms with van der Waals surface area (Å²) in [5.74, 6) is 0.909. The van der Waals surface area contributed by atoms with Crippen LogP contribution in [0.4, 0.5) is 0 Å². The number of fused-ring (bicyclic) bond motifs is 9. The first-order chi connectivity index (χ1) is 25.7. The van der Waals surface area contributed by atoms with Crippen LogP contribution in [0.1, 0.15) is 41.7 Å². The molecular weight excluding hydrogens is 631 g/mol. The Hall–Kier alpha value is -6.03. The zero-order chi connectivity index (χ0) is 35.9. The second kappa shape index (κ2) is 15.9. The standard InChI is InChI=1S/C26H19N.C21H20N2.C2H6/c27-15-17-7-5-6-16-12-18-13-24-21-10-3-1-8-19(21)20-9-2-4-11-22(20)25(24)14-23(18)26(16)17;1-22-21(23-16-17-9-4-2-5-10-17)20-14-8-13-19(15-20)18-11-6-3-7-12-18;1-2/h1-11,13-14H,12,15,27H2;2-15H,16H2,1H3,(H,22,23);1-2H3. The first-order valence-electron chi connectivity index (χ1n) is 18.3. The Balaban J connectivity index is 0.000000157. The summed E-state index contributed by atoms with van der Waals surface area (Å²) >= 11 is 0. The number of nitrogens with zero attached hydrogens (tertiary/aromatic N) is 1. The van der Waals surface area contributed by atoms with Crippen molar-refractivity contribution in [2.45, 2.75) is 33.4 Å². The third-order valence-electron chi connectivity index (χ3n) is 9.84. The van der Waals surface area contributed by atoms with Gasteiger partial charge in [0.2, 0.25) is 0 Å². The smallest absolute Gasteiger partial charge is 0.128 e. The lowest BCUT2D eigenvalue weighted by Crippen LogP contribution is -2.23. The number of nitrogens with two attached hydrogens (primary N) is 1. The number of benzene rings is 8. The van der Waals surface area contributed by atoms with Crippen molar-refractivity contribution < 1.29 is 0 Å². The van der Waals surface area contributed by atoms with Gasteiger partial charge in [0.1, 0.15) is 5.84 Å². The van der Waals surface area contributed by atoms with Crippen molar-refractivity contribution in [2.75, 3.05) is 7.05 Å². The van der Waals surface area contributed by atoms with E-state index in [9.17, 15) is 0 Å². The summed E-state index contributed by atoms with van der Waals surface area (Å²) < 4.78 is 0. The van der Waals surface area contributed by atoms with Crippen molar-refractivity contribution in [1.29, 1.82) is 0 Å². The van der Waals surface area contributed by atoms with Gasteiger partial charge in [0, 0.05) is 25.7 Å². The van der Waals surface area contributed by atoms with E-state index < -0.39 is 0 Å². The summed E-state index contributed by atoms with van der Waals surface area (Å²) in [4.78, 5) is 4.41. The molecule has 0 atom stereocenters. The molecule has 8 aromatic carbocycles. The molecule has 3 N–H and O–H groups in total. The molecule has 9 rings (SSSR count). The molecule has 1 aliphatic rings. The molecule has 0 aliphatic heterocycles. The van der Waals surface area contributed by atoms with Crippen LogP contribution in [-0.4, -0.2) is 12.9 Å². The predicted molar refractivity (Wildman–Crippen MR) is 224 cm³/mol. The molecule has 0 amide bonds. The van der Waals surface area contributed by atoms with Crippen LogP contribution in [-0.2, 0) is 19.5 Å².